The Bertz CT molecular complexity index is 329. The molecule has 0 aliphatic heterocycles. The molecule has 0 saturated heterocycles. The number of hydrogen-bond acceptors (Lipinski definition) is 4. The minimum Gasteiger partial charge on any atom is -0.497 e. The highest BCUT2D eigenvalue weighted by Crippen LogP contribution is 2.23. The number of nitrogens with one attached hydrogen (secondary N) is 1. The molecule has 4 heteroatoms. The molecular formula is C13H22N2O2. The molecule has 0 aliphatic rings. The molecule has 0 atom stereocenters. The largest absolute Gasteiger partial charge is 0.497 e. The van der Waals surface area contributed by atoms with E-state index in [-0.39, 0.29) is 0 Å². The van der Waals surface area contributed by atoms with Crippen molar-refractivity contribution in [2.24, 2.45) is 0 Å². The van der Waals surface area contributed by atoms with Gasteiger partial charge in [0, 0.05) is 26.3 Å². The van der Waals surface area contributed by atoms with Crippen LogP contribution in [0.1, 0.15) is 19.3 Å². The Morgan fingerprint density at radius 1 is 1.18 bits per heavy atom. The van der Waals surface area contributed by atoms with Crippen LogP contribution >= 0.6 is 0 Å². The summed E-state index contributed by atoms with van der Waals surface area (Å²) in [5, 5.41) is 3.32. The Labute approximate surface area is 103 Å². The summed E-state index contributed by atoms with van der Waals surface area (Å²) >= 11 is 0. The first-order valence-corrected chi connectivity index (χ1v) is 5.94. The molecule has 0 bridgehead atoms. The van der Waals surface area contributed by atoms with Gasteiger partial charge in [0.15, 0.2) is 0 Å². The lowest BCUT2D eigenvalue weighted by molar-refractivity contribution is 0.192. The minimum atomic E-state index is 0.723. The van der Waals surface area contributed by atoms with Crippen LogP contribution < -0.4 is 15.8 Å². The molecule has 0 aliphatic carbocycles. The fourth-order valence-corrected chi connectivity index (χ4v) is 1.60. The maximum absolute atomic E-state index is 5.90. The number of ether oxygens (including phenoxy) is 2. The smallest absolute Gasteiger partial charge is 0.121 e. The predicted octanol–water partition coefficient (Wildman–Crippen LogP) is 2.51. The van der Waals surface area contributed by atoms with Crippen molar-refractivity contribution in [2.45, 2.75) is 19.3 Å². The number of methoxy groups -OCH3 is 2. The third kappa shape index (κ3) is 4.95. The van der Waals surface area contributed by atoms with Crippen LogP contribution in [0.3, 0.4) is 0 Å². The van der Waals surface area contributed by atoms with Crippen LogP contribution in [-0.4, -0.2) is 27.4 Å². The summed E-state index contributed by atoms with van der Waals surface area (Å²) in [6, 6.07) is 5.68. The van der Waals surface area contributed by atoms with Gasteiger partial charge in [-0.3, -0.25) is 0 Å². The summed E-state index contributed by atoms with van der Waals surface area (Å²) in [7, 11) is 3.37. The molecular weight excluding hydrogens is 216 g/mol. The van der Waals surface area contributed by atoms with E-state index in [0.717, 1.165) is 49.5 Å². The molecule has 0 saturated carbocycles. The number of anilines is 2. The topological polar surface area (TPSA) is 56.5 Å². The lowest BCUT2D eigenvalue weighted by Gasteiger charge is -2.10. The van der Waals surface area contributed by atoms with E-state index >= 15 is 0 Å². The molecule has 0 aromatic heterocycles. The first kappa shape index (κ1) is 13.6. The summed E-state index contributed by atoms with van der Waals surface area (Å²) in [6.45, 7) is 1.77. The zero-order valence-corrected chi connectivity index (χ0v) is 10.7. The van der Waals surface area contributed by atoms with Crippen LogP contribution in [0.4, 0.5) is 11.4 Å². The Balaban J connectivity index is 2.27. The molecule has 1 aromatic rings. The van der Waals surface area contributed by atoms with Gasteiger partial charge in [0.2, 0.25) is 0 Å². The maximum atomic E-state index is 5.90. The number of unbranched alkanes of at least 4 members (excludes halogenated alkanes) is 2. The number of benzene rings is 1. The van der Waals surface area contributed by atoms with Crippen LogP contribution in [0.5, 0.6) is 5.75 Å². The molecule has 0 heterocycles. The lowest BCUT2D eigenvalue weighted by atomic mass is 10.2. The van der Waals surface area contributed by atoms with Gasteiger partial charge >= 0.3 is 0 Å². The van der Waals surface area contributed by atoms with Crippen LogP contribution in [0.2, 0.25) is 0 Å². The van der Waals surface area contributed by atoms with Crippen molar-refractivity contribution >= 4 is 11.4 Å². The molecule has 0 radical (unpaired) electrons. The molecule has 0 spiro atoms. The number of hydrogen-bond donors (Lipinski definition) is 2. The van der Waals surface area contributed by atoms with Crippen LogP contribution in [0, 0.1) is 0 Å². The second kappa shape index (κ2) is 7.79. The third-order valence-electron chi connectivity index (χ3n) is 2.60. The zero-order chi connectivity index (χ0) is 12.5. The molecule has 1 aromatic carbocycles. The molecule has 0 unspecified atom stereocenters. The molecule has 1 rings (SSSR count). The van der Waals surface area contributed by atoms with Gasteiger partial charge in [0.1, 0.15) is 5.75 Å². The highest BCUT2D eigenvalue weighted by atomic mass is 16.5. The molecule has 0 fully saturated rings. The van der Waals surface area contributed by atoms with Crippen molar-refractivity contribution < 1.29 is 9.47 Å². The summed E-state index contributed by atoms with van der Waals surface area (Å²) in [5.74, 6) is 0.785. The van der Waals surface area contributed by atoms with Gasteiger partial charge in [-0.25, -0.2) is 0 Å². The number of nitrogens with two attached hydrogens (primary N) is 1. The van der Waals surface area contributed by atoms with E-state index in [1.165, 1.54) is 0 Å². The molecule has 96 valence electrons. The highest BCUT2D eigenvalue weighted by Gasteiger charge is 2.00. The third-order valence-corrected chi connectivity index (χ3v) is 2.60. The monoisotopic (exact) mass is 238 g/mol. The standard InChI is InChI=1S/C13H22N2O2/c1-16-9-5-3-4-8-15-13-7-6-11(17-2)10-12(13)14/h6-7,10,15H,3-5,8-9,14H2,1-2H3. The molecule has 0 amide bonds. The van der Waals surface area contributed by atoms with E-state index in [2.05, 4.69) is 5.32 Å². The van der Waals surface area contributed by atoms with Crippen molar-refractivity contribution in [2.75, 3.05) is 38.4 Å². The van der Waals surface area contributed by atoms with Crippen molar-refractivity contribution in [3.8, 4) is 5.75 Å². The Morgan fingerprint density at radius 2 is 2.00 bits per heavy atom. The van der Waals surface area contributed by atoms with Gasteiger partial charge in [0.25, 0.3) is 0 Å². The first-order chi connectivity index (χ1) is 8.27. The zero-order valence-electron chi connectivity index (χ0n) is 10.7. The van der Waals surface area contributed by atoms with E-state index in [0.29, 0.717) is 0 Å². The summed E-state index contributed by atoms with van der Waals surface area (Å²) < 4.78 is 10.1. The van der Waals surface area contributed by atoms with E-state index in [1.807, 2.05) is 18.2 Å². The van der Waals surface area contributed by atoms with Crippen molar-refractivity contribution in [3.05, 3.63) is 18.2 Å². The Kier molecular flexibility index (Phi) is 6.25. The summed E-state index contributed by atoms with van der Waals surface area (Å²) in [4.78, 5) is 0. The van der Waals surface area contributed by atoms with Crippen molar-refractivity contribution in [3.63, 3.8) is 0 Å². The minimum absolute atomic E-state index is 0.723. The average molecular weight is 238 g/mol. The molecule has 3 N–H and O–H groups in total. The van der Waals surface area contributed by atoms with Crippen LogP contribution in [-0.2, 0) is 4.74 Å². The fraction of sp³-hybridized carbons (Fsp3) is 0.538. The average Bonchev–Trinajstić information content (AvgIpc) is 2.35. The van der Waals surface area contributed by atoms with Gasteiger partial charge < -0.3 is 20.5 Å². The number of rotatable bonds is 8. The van der Waals surface area contributed by atoms with Gasteiger partial charge in [-0.1, -0.05) is 0 Å². The van der Waals surface area contributed by atoms with Gasteiger partial charge in [-0.2, -0.15) is 0 Å². The first-order valence-electron chi connectivity index (χ1n) is 5.94. The van der Waals surface area contributed by atoms with Crippen LogP contribution in [0.25, 0.3) is 0 Å². The quantitative estimate of drug-likeness (QED) is 0.539. The highest BCUT2D eigenvalue weighted by molar-refractivity contribution is 5.68. The molecule has 4 nitrogen and oxygen atoms in total. The van der Waals surface area contributed by atoms with E-state index in [1.54, 1.807) is 14.2 Å². The SMILES string of the molecule is COCCCCCNc1ccc(OC)cc1N. The molecule has 17 heavy (non-hydrogen) atoms. The number of nitrogen functional groups attached to an aromatic ring is 1. The second-order valence-electron chi connectivity index (χ2n) is 3.93. The van der Waals surface area contributed by atoms with Gasteiger partial charge in [-0.15, -0.1) is 0 Å². The second-order valence-corrected chi connectivity index (χ2v) is 3.93. The fourth-order valence-electron chi connectivity index (χ4n) is 1.60. The summed E-state index contributed by atoms with van der Waals surface area (Å²) in [6.07, 6.45) is 3.39. The normalized spacial score (nSPS) is 10.2. The van der Waals surface area contributed by atoms with Gasteiger partial charge in [0.05, 0.1) is 18.5 Å². The van der Waals surface area contributed by atoms with E-state index in [9.17, 15) is 0 Å². The predicted molar refractivity (Wildman–Crippen MR) is 71.6 cm³/mol. The van der Waals surface area contributed by atoms with Crippen LogP contribution in [0.15, 0.2) is 18.2 Å². The van der Waals surface area contributed by atoms with E-state index < -0.39 is 0 Å². The van der Waals surface area contributed by atoms with E-state index in [4.69, 9.17) is 15.2 Å². The Morgan fingerprint density at radius 3 is 2.65 bits per heavy atom. The lowest BCUT2D eigenvalue weighted by Crippen LogP contribution is -2.04. The van der Waals surface area contributed by atoms with Gasteiger partial charge in [-0.05, 0) is 31.4 Å². The van der Waals surface area contributed by atoms with Crippen molar-refractivity contribution in [1.82, 2.24) is 0 Å². The van der Waals surface area contributed by atoms with Crippen molar-refractivity contribution in [1.29, 1.82) is 0 Å². The summed E-state index contributed by atoms with van der Waals surface area (Å²) in [5.41, 5.74) is 7.59. The maximum Gasteiger partial charge on any atom is 0.121 e. The Hall–Kier alpha value is -1.42.